The van der Waals surface area contributed by atoms with E-state index in [1.54, 1.807) is 12.1 Å². The van der Waals surface area contributed by atoms with E-state index in [9.17, 15) is 8.78 Å². The first-order chi connectivity index (χ1) is 7.68. The molecule has 0 aromatic carbocycles. The zero-order chi connectivity index (χ0) is 11.4. The lowest BCUT2D eigenvalue weighted by Crippen LogP contribution is -2.31. The molecule has 1 aliphatic rings. The minimum absolute atomic E-state index is 0.0418. The van der Waals surface area contributed by atoms with Crippen molar-refractivity contribution in [1.29, 1.82) is 0 Å². The Labute approximate surface area is 92.3 Å². The lowest BCUT2D eigenvalue weighted by molar-refractivity contribution is -0.409. The highest BCUT2D eigenvalue weighted by atomic mass is 19.3. The van der Waals surface area contributed by atoms with Crippen molar-refractivity contribution in [1.82, 2.24) is 4.98 Å². The van der Waals surface area contributed by atoms with Gasteiger partial charge in [-0.15, -0.1) is 4.89 Å². The number of halogens is 2. The quantitative estimate of drug-likeness (QED) is 0.587. The fraction of sp³-hybridized carbons (Fsp3) is 0.545. The Hall–Kier alpha value is -1.23. The summed E-state index contributed by atoms with van der Waals surface area (Å²) >= 11 is 0. The highest BCUT2D eigenvalue weighted by molar-refractivity contribution is 5.08. The summed E-state index contributed by atoms with van der Waals surface area (Å²) in [4.78, 5) is 12.5. The summed E-state index contributed by atoms with van der Waals surface area (Å²) in [5.41, 5.74) is 0. The van der Waals surface area contributed by atoms with Crippen LogP contribution in [0.1, 0.15) is 25.7 Å². The number of pyridine rings is 1. The molecule has 1 saturated carbocycles. The summed E-state index contributed by atoms with van der Waals surface area (Å²) in [5, 5.41) is 0. The maximum atomic E-state index is 13.4. The first-order valence-electron chi connectivity index (χ1n) is 5.33. The van der Waals surface area contributed by atoms with Gasteiger partial charge in [-0.25, -0.2) is 4.98 Å². The summed E-state index contributed by atoms with van der Waals surface area (Å²) in [7, 11) is 0. The number of rotatable bonds is 4. The summed E-state index contributed by atoms with van der Waals surface area (Å²) < 4.78 is 26.9. The Kier molecular flexibility index (Phi) is 3.33. The van der Waals surface area contributed by atoms with E-state index in [0.717, 1.165) is 12.8 Å². The van der Waals surface area contributed by atoms with Gasteiger partial charge in [-0.2, -0.15) is 8.78 Å². The van der Waals surface area contributed by atoms with Crippen LogP contribution >= 0.6 is 0 Å². The molecule has 1 aromatic heterocycles. The molecule has 1 aliphatic carbocycles. The third-order valence-electron chi connectivity index (χ3n) is 2.71. The average Bonchev–Trinajstić information content (AvgIpc) is 2.82. The van der Waals surface area contributed by atoms with Crippen LogP contribution in [0.15, 0.2) is 24.4 Å². The number of hydrogen-bond donors (Lipinski definition) is 0. The first kappa shape index (κ1) is 11.3. The van der Waals surface area contributed by atoms with Gasteiger partial charge in [0.05, 0.1) is 5.92 Å². The van der Waals surface area contributed by atoms with Gasteiger partial charge in [-0.05, 0) is 18.9 Å². The van der Waals surface area contributed by atoms with E-state index in [2.05, 4.69) is 14.8 Å². The molecule has 0 aliphatic heterocycles. The van der Waals surface area contributed by atoms with Crippen LogP contribution in [0.25, 0.3) is 0 Å². The normalized spacial score (nSPS) is 17.6. The second-order valence-corrected chi connectivity index (χ2v) is 3.88. The highest BCUT2D eigenvalue weighted by Gasteiger charge is 2.44. The summed E-state index contributed by atoms with van der Waals surface area (Å²) in [6.45, 7) is 0. The van der Waals surface area contributed by atoms with Gasteiger partial charge in [-0.1, -0.05) is 18.9 Å². The van der Waals surface area contributed by atoms with E-state index in [1.807, 2.05) is 0 Å². The Balaban J connectivity index is 1.89. The first-order valence-corrected chi connectivity index (χ1v) is 5.33. The van der Waals surface area contributed by atoms with Crippen LogP contribution in [-0.4, -0.2) is 11.1 Å². The van der Waals surface area contributed by atoms with Gasteiger partial charge in [0.25, 0.3) is 5.88 Å². The maximum Gasteiger partial charge on any atom is 0.394 e. The molecule has 16 heavy (non-hydrogen) atoms. The minimum Gasteiger partial charge on any atom is -0.311 e. The van der Waals surface area contributed by atoms with Crippen molar-refractivity contribution in [2.75, 3.05) is 0 Å². The third kappa shape index (κ3) is 2.66. The van der Waals surface area contributed by atoms with Crippen LogP contribution in [0.4, 0.5) is 8.78 Å². The van der Waals surface area contributed by atoms with Gasteiger partial charge in [-0.3, -0.25) is 0 Å². The van der Waals surface area contributed by atoms with Crippen LogP contribution in [0.2, 0.25) is 0 Å². The summed E-state index contributed by atoms with van der Waals surface area (Å²) in [6, 6.07) is 4.77. The smallest absolute Gasteiger partial charge is 0.311 e. The van der Waals surface area contributed by atoms with Gasteiger partial charge < -0.3 is 4.89 Å². The van der Waals surface area contributed by atoms with Crippen molar-refractivity contribution in [3.05, 3.63) is 24.4 Å². The Morgan fingerprint density at radius 3 is 2.62 bits per heavy atom. The Morgan fingerprint density at radius 1 is 1.25 bits per heavy atom. The van der Waals surface area contributed by atoms with Crippen molar-refractivity contribution >= 4 is 0 Å². The fourth-order valence-corrected chi connectivity index (χ4v) is 1.82. The minimum atomic E-state index is -3.23. The number of alkyl halides is 2. The van der Waals surface area contributed by atoms with Crippen LogP contribution in [0.5, 0.6) is 5.88 Å². The number of hydrogen-bond acceptors (Lipinski definition) is 3. The van der Waals surface area contributed by atoms with E-state index in [-0.39, 0.29) is 5.88 Å². The van der Waals surface area contributed by atoms with Crippen molar-refractivity contribution < 1.29 is 18.6 Å². The molecule has 0 unspecified atom stereocenters. The van der Waals surface area contributed by atoms with Gasteiger partial charge >= 0.3 is 6.11 Å². The lowest BCUT2D eigenvalue weighted by Gasteiger charge is -2.20. The predicted octanol–water partition coefficient (Wildman–Crippen LogP) is 3.18. The van der Waals surface area contributed by atoms with E-state index in [1.165, 1.54) is 12.3 Å². The highest BCUT2D eigenvalue weighted by Crippen LogP contribution is 2.38. The van der Waals surface area contributed by atoms with Crippen molar-refractivity contribution in [2.24, 2.45) is 5.92 Å². The van der Waals surface area contributed by atoms with E-state index >= 15 is 0 Å². The van der Waals surface area contributed by atoms with Gasteiger partial charge in [0.15, 0.2) is 0 Å². The third-order valence-corrected chi connectivity index (χ3v) is 2.71. The molecule has 0 atom stereocenters. The molecule has 1 fully saturated rings. The van der Waals surface area contributed by atoms with Crippen molar-refractivity contribution in [3.63, 3.8) is 0 Å². The second-order valence-electron chi connectivity index (χ2n) is 3.88. The molecule has 0 N–H and O–H groups in total. The molecule has 0 bridgehead atoms. The zero-order valence-electron chi connectivity index (χ0n) is 8.73. The van der Waals surface area contributed by atoms with Crippen molar-refractivity contribution in [2.45, 2.75) is 31.8 Å². The monoisotopic (exact) mass is 229 g/mol. The molecular formula is C11H13F2NO2. The molecule has 0 amide bonds. The van der Waals surface area contributed by atoms with Gasteiger partial charge in [0.1, 0.15) is 0 Å². The van der Waals surface area contributed by atoms with E-state index < -0.39 is 12.0 Å². The van der Waals surface area contributed by atoms with Crippen LogP contribution in [0.3, 0.4) is 0 Å². The van der Waals surface area contributed by atoms with Gasteiger partial charge in [0, 0.05) is 12.3 Å². The average molecular weight is 229 g/mol. The van der Waals surface area contributed by atoms with Crippen molar-refractivity contribution in [3.8, 4) is 5.88 Å². The predicted molar refractivity (Wildman–Crippen MR) is 52.9 cm³/mol. The van der Waals surface area contributed by atoms with Crippen LogP contribution in [0, 0.1) is 5.92 Å². The molecular weight excluding hydrogens is 216 g/mol. The molecule has 3 nitrogen and oxygen atoms in total. The lowest BCUT2D eigenvalue weighted by atomic mass is 10.1. The molecule has 88 valence electrons. The van der Waals surface area contributed by atoms with Crippen LogP contribution in [-0.2, 0) is 4.89 Å². The largest absolute Gasteiger partial charge is 0.394 e. The molecule has 2 rings (SSSR count). The number of nitrogens with zero attached hydrogens (tertiary/aromatic N) is 1. The second kappa shape index (κ2) is 4.74. The molecule has 1 heterocycles. The molecule has 1 aromatic rings. The summed E-state index contributed by atoms with van der Waals surface area (Å²) in [6.07, 6.45) is 0.845. The van der Waals surface area contributed by atoms with Crippen LogP contribution < -0.4 is 4.89 Å². The van der Waals surface area contributed by atoms with Gasteiger partial charge in [0.2, 0.25) is 0 Å². The standard InChI is InChI=1S/C11H13F2NO2/c12-11(13,9-5-1-2-6-9)16-15-10-7-3-4-8-14-10/h3-4,7-9H,1-2,5-6H2. The number of aromatic nitrogens is 1. The Morgan fingerprint density at radius 2 is 2.00 bits per heavy atom. The SMILES string of the molecule is FC(F)(OOc1ccccn1)C1CCCC1. The molecule has 0 radical (unpaired) electrons. The molecule has 0 saturated heterocycles. The summed E-state index contributed by atoms with van der Waals surface area (Å²) in [5.74, 6) is -0.698. The topological polar surface area (TPSA) is 31.4 Å². The van der Waals surface area contributed by atoms with E-state index in [0.29, 0.717) is 12.8 Å². The maximum absolute atomic E-state index is 13.4. The zero-order valence-corrected chi connectivity index (χ0v) is 8.73. The van der Waals surface area contributed by atoms with E-state index in [4.69, 9.17) is 0 Å². The Bertz CT molecular complexity index is 326. The fourth-order valence-electron chi connectivity index (χ4n) is 1.82. The molecule has 0 spiro atoms. The molecule has 5 heteroatoms.